The van der Waals surface area contributed by atoms with Crippen LogP contribution in [0, 0.1) is 0 Å². The van der Waals surface area contributed by atoms with Crippen molar-refractivity contribution in [3.05, 3.63) is 16.1 Å². The minimum absolute atomic E-state index is 0.120. The Balaban J connectivity index is 2.65. The second-order valence-electron chi connectivity index (χ2n) is 1.91. The Morgan fingerprint density at radius 3 is 2.55 bits per heavy atom. The van der Waals surface area contributed by atoms with Gasteiger partial charge in [0.1, 0.15) is 5.15 Å². The van der Waals surface area contributed by atoms with E-state index in [-0.39, 0.29) is 10.0 Å². The summed E-state index contributed by atoms with van der Waals surface area (Å²) in [6.07, 6.45) is -5.12. The molecule has 1 nitrogen and oxygen atoms in total. The molecule has 6 heteroatoms. The maximum Gasteiger partial charge on any atom is 0.393 e. The molecule has 0 aromatic carbocycles. The van der Waals surface area contributed by atoms with Crippen LogP contribution in [0.25, 0.3) is 0 Å². The van der Waals surface area contributed by atoms with Gasteiger partial charge in [-0.3, -0.25) is 0 Å². The quantitative estimate of drug-likeness (QED) is 0.681. The van der Waals surface area contributed by atoms with E-state index in [0.29, 0.717) is 0 Å². The summed E-state index contributed by atoms with van der Waals surface area (Å²) >= 11 is 6.10. The van der Waals surface area contributed by atoms with Gasteiger partial charge in [0.15, 0.2) is 0 Å². The summed E-state index contributed by atoms with van der Waals surface area (Å²) in [6, 6.07) is 1.22. The van der Waals surface area contributed by atoms with Crippen LogP contribution in [0.15, 0.2) is 6.07 Å². The number of halogens is 4. The number of nitrogens with zero attached hydrogens (tertiary/aromatic N) is 1. The van der Waals surface area contributed by atoms with Gasteiger partial charge in [0, 0.05) is 4.88 Å². The first kappa shape index (κ1) is 8.80. The summed E-state index contributed by atoms with van der Waals surface area (Å²) < 4.78 is 38.6. The van der Waals surface area contributed by atoms with Crippen LogP contribution in [0.1, 0.15) is 4.88 Å². The molecule has 0 saturated carbocycles. The fraction of sp³-hybridized carbons (Fsp3) is 0.400. The molecular formula is C5H3ClF3NS. The van der Waals surface area contributed by atoms with Crippen LogP contribution in [0.2, 0.25) is 5.15 Å². The first-order chi connectivity index (χ1) is 4.97. The lowest BCUT2D eigenvalue weighted by Crippen LogP contribution is -2.09. The van der Waals surface area contributed by atoms with E-state index < -0.39 is 12.6 Å². The lowest BCUT2D eigenvalue weighted by atomic mass is 10.3. The van der Waals surface area contributed by atoms with Crippen molar-refractivity contribution >= 4 is 23.1 Å². The number of aromatic nitrogens is 1. The zero-order valence-corrected chi connectivity index (χ0v) is 6.72. The summed E-state index contributed by atoms with van der Waals surface area (Å²) in [5, 5.41) is 0.120. The Morgan fingerprint density at radius 1 is 1.55 bits per heavy atom. The molecule has 11 heavy (non-hydrogen) atoms. The predicted octanol–water partition coefficient (Wildman–Crippen LogP) is 2.90. The number of rotatable bonds is 1. The highest BCUT2D eigenvalue weighted by molar-refractivity contribution is 7.06. The van der Waals surface area contributed by atoms with Gasteiger partial charge in [0.2, 0.25) is 0 Å². The number of hydrogen-bond acceptors (Lipinski definition) is 2. The molecule has 1 heterocycles. The Hall–Kier alpha value is -0.290. The van der Waals surface area contributed by atoms with Crippen molar-refractivity contribution in [2.45, 2.75) is 12.6 Å². The third kappa shape index (κ3) is 3.07. The fourth-order valence-corrected chi connectivity index (χ4v) is 1.52. The molecule has 0 aliphatic rings. The SMILES string of the molecule is FC(F)(F)Cc1cc(Cl)ns1. The fourth-order valence-electron chi connectivity index (χ4n) is 0.569. The van der Waals surface area contributed by atoms with Gasteiger partial charge in [-0.2, -0.15) is 17.5 Å². The van der Waals surface area contributed by atoms with E-state index in [1.54, 1.807) is 0 Å². The molecule has 0 amide bonds. The first-order valence-electron chi connectivity index (χ1n) is 2.65. The highest BCUT2D eigenvalue weighted by Crippen LogP contribution is 2.25. The molecular weight excluding hydrogens is 199 g/mol. The Bertz CT molecular complexity index is 244. The van der Waals surface area contributed by atoms with Gasteiger partial charge in [-0.25, -0.2) is 0 Å². The monoisotopic (exact) mass is 201 g/mol. The van der Waals surface area contributed by atoms with Gasteiger partial charge in [0.25, 0.3) is 0 Å². The minimum Gasteiger partial charge on any atom is -0.181 e. The lowest BCUT2D eigenvalue weighted by molar-refractivity contribution is -0.126. The van der Waals surface area contributed by atoms with Crippen LogP contribution in [-0.4, -0.2) is 10.5 Å². The molecule has 0 radical (unpaired) electrons. The normalized spacial score (nSPS) is 12.0. The van der Waals surface area contributed by atoms with Gasteiger partial charge in [-0.05, 0) is 17.6 Å². The maximum absolute atomic E-state index is 11.7. The molecule has 0 bridgehead atoms. The summed E-state index contributed by atoms with van der Waals surface area (Å²) in [4.78, 5) is 0.141. The van der Waals surface area contributed by atoms with Crippen molar-refractivity contribution in [1.29, 1.82) is 0 Å². The van der Waals surface area contributed by atoms with Crippen LogP contribution in [0.5, 0.6) is 0 Å². The largest absolute Gasteiger partial charge is 0.393 e. The van der Waals surface area contributed by atoms with Gasteiger partial charge in [-0.15, -0.1) is 0 Å². The second-order valence-corrected chi connectivity index (χ2v) is 3.18. The average Bonchev–Trinajstić information content (AvgIpc) is 2.10. The Morgan fingerprint density at radius 2 is 2.18 bits per heavy atom. The van der Waals surface area contributed by atoms with E-state index >= 15 is 0 Å². The minimum atomic E-state index is -4.17. The van der Waals surface area contributed by atoms with Crippen molar-refractivity contribution in [1.82, 2.24) is 4.37 Å². The van der Waals surface area contributed by atoms with E-state index in [0.717, 1.165) is 11.5 Å². The molecule has 1 aromatic heterocycles. The van der Waals surface area contributed by atoms with Crippen LogP contribution in [-0.2, 0) is 6.42 Å². The summed E-state index contributed by atoms with van der Waals surface area (Å²) in [5.74, 6) is 0. The predicted molar refractivity (Wildman–Crippen MR) is 36.9 cm³/mol. The zero-order valence-electron chi connectivity index (χ0n) is 5.15. The van der Waals surface area contributed by atoms with Crippen LogP contribution < -0.4 is 0 Å². The average molecular weight is 202 g/mol. The standard InChI is InChI=1S/C5H3ClF3NS/c6-4-1-3(11-10-4)2-5(7,8)9/h1H,2H2. The van der Waals surface area contributed by atoms with Gasteiger partial charge in [-0.1, -0.05) is 11.6 Å². The highest BCUT2D eigenvalue weighted by atomic mass is 35.5. The number of hydrogen-bond donors (Lipinski definition) is 0. The van der Waals surface area contributed by atoms with E-state index in [1.165, 1.54) is 6.07 Å². The lowest BCUT2D eigenvalue weighted by Gasteiger charge is -2.01. The molecule has 0 aliphatic heterocycles. The van der Waals surface area contributed by atoms with Crippen LogP contribution in [0.4, 0.5) is 13.2 Å². The van der Waals surface area contributed by atoms with Crippen molar-refractivity contribution in [3.63, 3.8) is 0 Å². The summed E-state index contributed by atoms with van der Waals surface area (Å²) in [6.45, 7) is 0. The summed E-state index contributed by atoms with van der Waals surface area (Å²) in [7, 11) is 0. The second kappa shape index (κ2) is 2.98. The van der Waals surface area contributed by atoms with E-state index in [4.69, 9.17) is 11.6 Å². The van der Waals surface area contributed by atoms with E-state index in [1.807, 2.05) is 0 Å². The Kier molecular flexibility index (Phi) is 2.39. The molecule has 0 aliphatic carbocycles. The Labute approximate surface area is 70.0 Å². The van der Waals surface area contributed by atoms with Gasteiger partial charge < -0.3 is 0 Å². The van der Waals surface area contributed by atoms with Crippen molar-refractivity contribution in [2.75, 3.05) is 0 Å². The van der Waals surface area contributed by atoms with Crippen molar-refractivity contribution in [3.8, 4) is 0 Å². The maximum atomic E-state index is 11.7. The third-order valence-corrected chi connectivity index (χ3v) is 1.98. The van der Waals surface area contributed by atoms with E-state index in [9.17, 15) is 13.2 Å². The molecule has 0 fully saturated rings. The summed E-state index contributed by atoms with van der Waals surface area (Å²) in [5.41, 5.74) is 0. The first-order valence-corrected chi connectivity index (χ1v) is 3.80. The van der Waals surface area contributed by atoms with E-state index in [2.05, 4.69) is 4.37 Å². The molecule has 0 saturated heterocycles. The molecule has 62 valence electrons. The molecule has 0 unspecified atom stereocenters. The third-order valence-electron chi connectivity index (χ3n) is 0.905. The smallest absolute Gasteiger partial charge is 0.181 e. The van der Waals surface area contributed by atoms with Crippen molar-refractivity contribution < 1.29 is 13.2 Å². The van der Waals surface area contributed by atoms with Crippen molar-refractivity contribution in [2.24, 2.45) is 0 Å². The molecule has 0 N–H and O–H groups in total. The van der Waals surface area contributed by atoms with Crippen LogP contribution in [0.3, 0.4) is 0 Å². The zero-order chi connectivity index (χ0) is 8.48. The molecule has 1 rings (SSSR count). The topological polar surface area (TPSA) is 12.9 Å². The molecule has 0 spiro atoms. The number of alkyl halides is 3. The van der Waals surface area contributed by atoms with Crippen LogP contribution >= 0.6 is 23.1 Å². The van der Waals surface area contributed by atoms with Gasteiger partial charge in [0.05, 0.1) is 6.42 Å². The molecule has 0 atom stereocenters. The highest BCUT2D eigenvalue weighted by Gasteiger charge is 2.28. The molecule has 1 aromatic rings. The van der Waals surface area contributed by atoms with Gasteiger partial charge >= 0.3 is 6.18 Å².